The highest BCUT2D eigenvalue weighted by atomic mass is 31.1. The molecular weight excluding hydrogens is 307 g/mol. The molecule has 0 unspecified atom stereocenters. The number of carbonyl (C=O) groups excluding carboxylic acids is 1. The topological polar surface area (TPSA) is 56.7 Å². The largest absolute Gasteiger partial charge is 0.334 e. The first-order valence-corrected chi connectivity index (χ1v) is 9.82. The van der Waals surface area contributed by atoms with Gasteiger partial charge in [-0.1, -0.05) is 26.7 Å². The van der Waals surface area contributed by atoms with Crippen molar-refractivity contribution in [3.63, 3.8) is 0 Å². The maximum Gasteiger partial charge on any atom is 0.322 e. The van der Waals surface area contributed by atoms with Crippen LogP contribution < -0.4 is 15.3 Å². The minimum absolute atomic E-state index is 0.106. The third-order valence-electron chi connectivity index (χ3n) is 3.57. The van der Waals surface area contributed by atoms with Gasteiger partial charge in [-0.3, -0.25) is 4.99 Å². The number of hydrogen-bond acceptors (Lipinski definition) is 2. The first-order chi connectivity index (χ1) is 11.0. The summed E-state index contributed by atoms with van der Waals surface area (Å²) in [6.45, 7) is 6.27. The number of carbonyl (C=O) groups is 1. The van der Waals surface area contributed by atoms with Crippen LogP contribution >= 0.6 is 8.07 Å². The number of hydrogen-bond donors (Lipinski definition) is 2. The zero-order valence-corrected chi connectivity index (χ0v) is 15.8. The quantitative estimate of drug-likeness (QED) is 0.437. The first-order valence-electron chi connectivity index (χ1n) is 8.11. The lowest BCUT2D eigenvalue weighted by atomic mass is 10.2. The van der Waals surface area contributed by atoms with Gasteiger partial charge in [0, 0.05) is 25.5 Å². The molecule has 0 bridgehead atoms. The highest BCUT2D eigenvalue weighted by Crippen LogP contribution is 2.32. The lowest BCUT2D eigenvalue weighted by molar-refractivity contribution is 0.257. The van der Waals surface area contributed by atoms with Gasteiger partial charge in [0.05, 0.1) is 5.84 Å². The van der Waals surface area contributed by atoms with Gasteiger partial charge >= 0.3 is 6.03 Å². The second kappa shape index (κ2) is 10.2. The zero-order chi connectivity index (χ0) is 17.2. The van der Waals surface area contributed by atoms with E-state index in [4.69, 9.17) is 0 Å². The average molecular weight is 336 g/mol. The Hall–Kier alpha value is -1.61. The minimum atomic E-state index is -0.410. The Bertz CT molecular complexity index is 510. The molecule has 1 aromatic carbocycles. The van der Waals surface area contributed by atoms with Crippen molar-refractivity contribution in [2.45, 2.75) is 33.6 Å². The normalized spacial score (nSPS) is 11.5. The second-order valence-electron chi connectivity index (χ2n) is 5.43. The highest BCUT2D eigenvalue weighted by Gasteiger charge is 2.10. The summed E-state index contributed by atoms with van der Waals surface area (Å²) in [7, 11) is 3.34. The fourth-order valence-electron chi connectivity index (χ4n) is 2.17. The van der Waals surface area contributed by atoms with E-state index in [0.29, 0.717) is 0 Å². The van der Waals surface area contributed by atoms with Gasteiger partial charge in [0.1, 0.15) is 0 Å². The first kappa shape index (κ1) is 19.4. The Morgan fingerprint density at radius 1 is 1.17 bits per heavy atom. The van der Waals surface area contributed by atoms with Crippen LogP contribution in [0.25, 0.3) is 0 Å². The van der Waals surface area contributed by atoms with E-state index >= 15 is 0 Å². The standard InChI is InChI=1S/C17H29N4OP/c1-6-12-23(13-7-2)20-17(22)19-15-8-10-16(11-9-15)21(5)14(3)18-4/h8-11H,6-7,12-13H2,1-5H3,(H2,19,20,22). The SMILES string of the molecule is CCCP(CCC)NC(=O)Nc1ccc(N(C)C(C)=NC)cc1. The summed E-state index contributed by atoms with van der Waals surface area (Å²) in [6.07, 6.45) is 4.36. The van der Waals surface area contributed by atoms with Gasteiger partial charge in [-0.2, -0.15) is 0 Å². The smallest absolute Gasteiger partial charge is 0.322 e. The van der Waals surface area contributed by atoms with Crippen LogP contribution in [-0.4, -0.2) is 38.3 Å². The van der Waals surface area contributed by atoms with Crippen LogP contribution in [0.1, 0.15) is 33.6 Å². The summed E-state index contributed by atoms with van der Waals surface area (Å²) < 4.78 is 0. The Morgan fingerprint density at radius 3 is 2.22 bits per heavy atom. The van der Waals surface area contributed by atoms with Gasteiger partial charge in [-0.15, -0.1) is 0 Å². The molecule has 0 aromatic heterocycles. The van der Waals surface area contributed by atoms with E-state index in [0.717, 1.165) is 42.4 Å². The molecule has 0 aliphatic rings. The number of benzene rings is 1. The fraction of sp³-hybridized carbons (Fsp3) is 0.529. The van der Waals surface area contributed by atoms with Crippen LogP contribution in [0.5, 0.6) is 0 Å². The Labute approximate surface area is 141 Å². The molecule has 0 aliphatic heterocycles. The minimum Gasteiger partial charge on any atom is -0.334 e. The number of rotatable bonds is 7. The van der Waals surface area contributed by atoms with Crippen LogP contribution in [-0.2, 0) is 0 Å². The Kier molecular flexibility index (Phi) is 8.64. The molecule has 0 aliphatic carbocycles. The lowest BCUT2D eigenvalue weighted by Gasteiger charge is -2.20. The zero-order valence-electron chi connectivity index (χ0n) is 14.9. The number of amidine groups is 1. The van der Waals surface area contributed by atoms with E-state index in [9.17, 15) is 4.79 Å². The van der Waals surface area contributed by atoms with Crippen molar-refractivity contribution >= 4 is 31.3 Å². The van der Waals surface area contributed by atoms with Crippen LogP contribution in [0, 0.1) is 0 Å². The number of anilines is 2. The summed E-state index contributed by atoms with van der Waals surface area (Å²) in [4.78, 5) is 18.3. The van der Waals surface area contributed by atoms with Crippen LogP contribution in [0.3, 0.4) is 0 Å². The summed E-state index contributed by atoms with van der Waals surface area (Å²) in [5.41, 5.74) is 1.84. The Balaban J connectivity index is 2.62. The third kappa shape index (κ3) is 6.57. The van der Waals surface area contributed by atoms with E-state index in [2.05, 4.69) is 29.2 Å². The van der Waals surface area contributed by atoms with Crippen molar-refractivity contribution in [2.24, 2.45) is 4.99 Å². The molecule has 1 aromatic rings. The second-order valence-corrected chi connectivity index (χ2v) is 7.63. The molecular formula is C17H29N4OP. The lowest BCUT2D eigenvalue weighted by Crippen LogP contribution is -2.26. The number of amides is 2. The fourth-order valence-corrected chi connectivity index (χ4v) is 4.04. The third-order valence-corrected chi connectivity index (χ3v) is 6.06. The monoisotopic (exact) mass is 336 g/mol. The molecule has 128 valence electrons. The molecule has 1 rings (SSSR count). The van der Waals surface area contributed by atoms with Gasteiger partial charge in [-0.05, 0) is 51.6 Å². The molecule has 6 heteroatoms. The van der Waals surface area contributed by atoms with E-state index in [-0.39, 0.29) is 6.03 Å². The number of nitrogens with zero attached hydrogens (tertiary/aromatic N) is 2. The summed E-state index contributed by atoms with van der Waals surface area (Å²) >= 11 is 0. The molecule has 0 saturated heterocycles. The van der Waals surface area contributed by atoms with Gasteiger partial charge in [0.25, 0.3) is 0 Å². The number of nitrogens with one attached hydrogen (secondary N) is 2. The van der Waals surface area contributed by atoms with E-state index in [1.54, 1.807) is 7.05 Å². The maximum absolute atomic E-state index is 12.1. The molecule has 0 heterocycles. The van der Waals surface area contributed by atoms with Crippen molar-refractivity contribution in [3.05, 3.63) is 24.3 Å². The molecule has 5 nitrogen and oxygen atoms in total. The van der Waals surface area contributed by atoms with Crippen molar-refractivity contribution in [1.29, 1.82) is 0 Å². The van der Waals surface area contributed by atoms with Crippen LogP contribution in [0.15, 0.2) is 29.3 Å². The van der Waals surface area contributed by atoms with E-state index in [1.165, 1.54) is 0 Å². The molecule has 2 N–H and O–H groups in total. The van der Waals surface area contributed by atoms with Gasteiger partial charge in [0.2, 0.25) is 0 Å². The molecule has 2 amide bonds. The molecule has 0 radical (unpaired) electrons. The van der Waals surface area contributed by atoms with Crippen molar-refractivity contribution in [1.82, 2.24) is 5.09 Å². The predicted octanol–water partition coefficient (Wildman–Crippen LogP) is 4.51. The molecule has 0 spiro atoms. The van der Waals surface area contributed by atoms with Gasteiger partial charge < -0.3 is 15.3 Å². The van der Waals surface area contributed by atoms with Crippen LogP contribution in [0.4, 0.5) is 16.2 Å². The number of urea groups is 1. The number of aliphatic imine (C=N–C) groups is 1. The average Bonchev–Trinajstić information content (AvgIpc) is 2.54. The van der Waals surface area contributed by atoms with E-state index < -0.39 is 8.07 Å². The predicted molar refractivity (Wildman–Crippen MR) is 103 cm³/mol. The summed E-state index contributed by atoms with van der Waals surface area (Å²) in [5.74, 6) is 0.938. The molecule has 0 saturated carbocycles. The molecule has 23 heavy (non-hydrogen) atoms. The van der Waals surface area contributed by atoms with Crippen molar-refractivity contribution in [3.8, 4) is 0 Å². The van der Waals surface area contributed by atoms with Gasteiger partial charge in [-0.25, -0.2) is 4.79 Å². The Morgan fingerprint density at radius 2 is 1.74 bits per heavy atom. The maximum atomic E-state index is 12.1. The summed E-state index contributed by atoms with van der Waals surface area (Å²) in [5, 5.41) is 6.03. The molecule has 0 fully saturated rings. The van der Waals surface area contributed by atoms with Gasteiger partial charge in [0.15, 0.2) is 0 Å². The van der Waals surface area contributed by atoms with Crippen molar-refractivity contribution in [2.75, 3.05) is 36.6 Å². The van der Waals surface area contributed by atoms with E-state index in [1.807, 2.05) is 43.1 Å². The highest BCUT2D eigenvalue weighted by molar-refractivity contribution is 7.56. The van der Waals surface area contributed by atoms with Crippen molar-refractivity contribution < 1.29 is 4.79 Å². The summed E-state index contributed by atoms with van der Waals surface area (Å²) in [6, 6.07) is 7.67. The molecule has 0 atom stereocenters. The van der Waals surface area contributed by atoms with Crippen LogP contribution in [0.2, 0.25) is 0 Å².